The summed E-state index contributed by atoms with van der Waals surface area (Å²) in [4.78, 5) is 30.1. The van der Waals surface area contributed by atoms with E-state index < -0.39 is 39.0 Å². The van der Waals surface area contributed by atoms with E-state index in [9.17, 15) is 19.6 Å². The van der Waals surface area contributed by atoms with Gasteiger partial charge >= 0.3 is 7.82 Å². The van der Waals surface area contributed by atoms with E-state index in [1.54, 1.807) is 24.3 Å². The minimum absolute atomic E-state index is 0.285. The molecule has 2 aromatic rings. The number of pyridine rings is 1. The summed E-state index contributed by atoms with van der Waals surface area (Å²) in [6.45, 7) is 1.33. The number of carbonyl (C=O) groups is 1. The number of phosphoric ester groups is 1. The monoisotopic (exact) mass is 425 g/mol. The van der Waals surface area contributed by atoms with Crippen molar-refractivity contribution in [1.29, 1.82) is 0 Å². The summed E-state index contributed by atoms with van der Waals surface area (Å²) in [6.07, 6.45) is -2.06. The predicted octanol–water partition coefficient (Wildman–Crippen LogP) is 0.263. The molecule has 156 valence electrons. The summed E-state index contributed by atoms with van der Waals surface area (Å²) >= 11 is 0. The van der Waals surface area contributed by atoms with Gasteiger partial charge in [-0.25, -0.2) is 4.57 Å². The van der Waals surface area contributed by atoms with Crippen molar-refractivity contribution in [3.63, 3.8) is 0 Å². The van der Waals surface area contributed by atoms with E-state index in [4.69, 9.17) is 14.5 Å². The van der Waals surface area contributed by atoms with Gasteiger partial charge in [0, 0.05) is 11.8 Å². The molecule has 0 bridgehead atoms. The normalized spacial score (nSPS) is 24.4. The third kappa shape index (κ3) is 5.46. The van der Waals surface area contributed by atoms with Crippen LogP contribution in [-0.2, 0) is 13.8 Å². The van der Waals surface area contributed by atoms with Gasteiger partial charge in [-0.05, 0) is 25.1 Å². The summed E-state index contributed by atoms with van der Waals surface area (Å²) in [6, 6.07) is 10.4. The molecule has 0 spiro atoms. The van der Waals surface area contributed by atoms with Crippen LogP contribution in [0.15, 0.2) is 48.8 Å². The van der Waals surface area contributed by atoms with Crippen molar-refractivity contribution < 1.29 is 43.2 Å². The van der Waals surface area contributed by atoms with Gasteiger partial charge in [0.25, 0.3) is 12.1 Å². The Morgan fingerprint density at radius 3 is 2.55 bits per heavy atom. The summed E-state index contributed by atoms with van der Waals surface area (Å²) in [7, 11) is -4.75. The number of hydrogen-bond acceptors (Lipinski definition) is 6. The number of aryl methyl sites for hydroxylation is 1. The van der Waals surface area contributed by atoms with Gasteiger partial charge < -0.3 is 30.1 Å². The molecule has 3 rings (SSSR count). The molecule has 0 unspecified atom stereocenters. The first kappa shape index (κ1) is 21.5. The van der Waals surface area contributed by atoms with Crippen LogP contribution >= 0.6 is 7.82 Å². The Bertz CT molecular complexity index is 916. The van der Waals surface area contributed by atoms with Gasteiger partial charge in [-0.15, -0.1) is 0 Å². The fourth-order valence-corrected chi connectivity index (χ4v) is 3.25. The van der Waals surface area contributed by atoms with Crippen LogP contribution in [0.1, 0.15) is 22.1 Å². The van der Waals surface area contributed by atoms with Gasteiger partial charge in [-0.2, -0.15) is 4.57 Å². The lowest BCUT2D eigenvalue weighted by Gasteiger charge is -2.13. The molecule has 5 N–H and O–H groups in total. The summed E-state index contributed by atoms with van der Waals surface area (Å²) < 4.78 is 22.1. The number of amides is 1. The maximum atomic E-state index is 12.5. The first-order chi connectivity index (χ1) is 13.6. The van der Waals surface area contributed by atoms with Crippen LogP contribution in [0, 0.1) is 6.92 Å². The molecule has 1 aromatic carbocycles. The number of phosphoric acid groups is 1. The van der Waals surface area contributed by atoms with Crippen LogP contribution in [0.4, 0.5) is 5.69 Å². The van der Waals surface area contributed by atoms with Gasteiger partial charge in [-0.3, -0.25) is 9.32 Å². The van der Waals surface area contributed by atoms with Gasteiger partial charge in [0.1, 0.15) is 17.8 Å². The zero-order chi connectivity index (χ0) is 21.2. The number of hydrogen-bond donors (Lipinski definition) is 5. The van der Waals surface area contributed by atoms with Crippen LogP contribution in [0.2, 0.25) is 0 Å². The number of nitrogens with one attached hydrogen (secondary N) is 1. The van der Waals surface area contributed by atoms with Gasteiger partial charge in [0.05, 0.1) is 6.61 Å². The molecule has 10 nitrogen and oxygen atoms in total. The standard InChI is InChI=1S/C18H21N2O8P/c1-11-4-6-13(7-5-11)19-17(23)12-3-2-8-20(9-12)18-16(22)15(21)14(28-18)10-27-29(24,25)26/h2-9,14-16,18,21-22H,10H2,1H3,(H2-,19,23,24,25,26)/p+1/t14-,15-,16-,18-/m1/s1. The van der Waals surface area contributed by atoms with Crippen molar-refractivity contribution in [3.8, 4) is 0 Å². The Kier molecular flexibility index (Phi) is 6.45. The molecule has 1 aromatic heterocycles. The Balaban J connectivity index is 1.72. The number of aliphatic hydroxyl groups is 2. The average Bonchev–Trinajstić information content (AvgIpc) is 2.96. The molecule has 1 saturated heterocycles. The SMILES string of the molecule is Cc1ccc(NC(=O)c2ccc[n+]([C@@H]3O[C@H](COP(=O)(O)O)[C@@H](O)[C@H]3O)c2)cc1. The number of rotatable bonds is 6. The van der Waals surface area contributed by atoms with E-state index in [1.165, 1.54) is 17.0 Å². The minimum Gasteiger partial charge on any atom is -0.387 e. The maximum absolute atomic E-state index is 12.5. The average molecular weight is 425 g/mol. The fraction of sp³-hybridized carbons (Fsp3) is 0.333. The summed E-state index contributed by atoms with van der Waals surface area (Å²) in [5.41, 5.74) is 1.97. The molecular formula is C18H22N2O8P+. The number of nitrogens with zero attached hydrogens (tertiary/aromatic N) is 1. The predicted molar refractivity (Wildman–Crippen MR) is 99.7 cm³/mol. The lowest BCUT2D eigenvalue weighted by molar-refractivity contribution is -0.765. The molecule has 0 aliphatic carbocycles. The second-order valence-electron chi connectivity index (χ2n) is 6.69. The maximum Gasteiger partial charge on any atom is 0.469 e. The van der Waals surface area contributed by atoms with Gasteiger partial charge in [0.15, 0.2) is 18.5 Å². The van der Waals surface area contributed by atoms with Crippen molar-refractivity contribution in [2.45, 2.75) is 31.5 Å². The zero-order valence-electron chi connectivity index (χ0n) is 15.5. The van der Waals surface area contributed by atoms with E-state index in [0.29, 0.717) is 5.69 Å². The Morgan fingerprint density at radius 2 is 1.90 bits per heavy atom. The van der Waals surface area contributed by atoms with E-state index in [1.807, 2.05) is 19.1 Å². The third-order valence-electron chi connectivity index (χ3n) is 4.43. The topological polar surface area (TPSA) is 149 Å². The molecule has 1 aliphatic rings. The minimum atomic E-state index is -4.75. The molecule has 2 heterocycles. The van der Waals surface area contributed by atoms with Gasteiger partial charge in [0.2, 0.25) is 0 Å². The quantitative estimate of drug-likeness (QED) is 0.327. The first-order valence-electron chi connectivity index (χ1n) is 8.74. The van der Waals surface area contributed by atoms with Crippen LogP contribution in [0.25, 0.3) is 0 Å². The largest absolute Gasteiger partial charge is 0.469 e. The van der Waals surface area contributed by atoms with E-state index >= 15 is 0 Å². The highest BCUT2D eigenvalue weighted by molar-refractivity contribution is 7.46. The fourth-order valence-electron chi connectivity index (χ4n) is 2.91. The van der Waals surface area contributed by atoms with Crippen LogP contribution < -0.4 is 9.88 Å². The van der Waals surface area contributed by atoms with E-state index in [-0.39, 0.29) is 11.5 Å². The highest BCUT2D eigenvalue weighted by Crippen LogP contribution is 2.37. The van der Waals surface area contributed by atoms with Crippen molar-refractivity contribution >= 4 is 19.4 Å². The highest BCUT2D eigenvalue weighted by atomic mass is 31.2. The molecule has 1 fully saturated rings. The van der Waals surface area contributed by atoms with Crippen LogP contribution in [0.3, 0.4) is 0 Å². The number of aliphatic hydroxyl groups excluding tert-OH is 2. The van der Waals surface area contributed by atoms with Gasteiger partial charge in [-0.1, -0.05) is 17.7 Å². The molecule has 11 heteroatoms. The first-order valence-corrected chi connectivity index (χ1v) is 10.3. The smallest absolute Gasteiger partial charge is 0.387 e. The number of ether oxygens (including phenoxy) is 1. The lowest BCUT2D eigenvalue weighted by atomic mass is 10.1. The van der Waals surface area contributed by atoms with E-state index in [2.05, 4.69) is 9.84 Å². The Labute approximate surface area is 166 Å². The van der Waals surface area contributed by atoms with Crippen molar-refractivity contribution in [2.24, 2.45) is 0 Å². The number of carbonyl (C=O) groups excluding carboxylic acids is 1. The Hall–Kier alpha value is -2.17. The van der Waals surface area contributed by atoms with Crippen LogP contribution in [-0.4, -0.2) is 50.8 Å². The molecule has 0 saturated carbocycles. The second-order valence-corrected chi connectivity index (χ2v) is 7.93. The number of aromatic nitrogens is 1. The molecule has 0 radical (unpaired) electrons. The molecule has 4 atom stereocenters. The molecular weight excluding hydrogens is 403 g/mol. The summed E-state index contributed by atoms with van der Waals surface area (Å²) in [5.74, 6) is -0.377. The van der Waals surface area contributed by atoms with E-state index in [0.717, 1.165) is 5.56 Å². The van der Waals surface area contributed by atoms with Crippen molar-refractivity contribution in [2.75, 3.05) is 11.9 Å². The highest BCUT2D eigenvalue weighted by Gasteiger charge is 2.49. The second kappa shape index (κ2) is 8.68. The molecule has 29 heavy (non-hydrogen) atoms. The van der Waals surface area contributed by atoms with Crippen molar-refractivity contribution in [1.82, 2.24) is 0 Å². The Morgan fingerprint density at radius 1 is 1.21 bits per heavy atom. The number of anilines is 1. The molecule has 1 amide bonds. The summed E-state index contributed by atoms with van der Waals surface area (Å²) in [5, 5.41) is 23.1. The third-order valence-corrected chi connectivity index (χ3v) is 4.92. The van der Waals surface area contributed by atoms with Crippen LogP contribution in [0.5, 0.6) is 0 Å². The molecule has 1 aliphatic heterocycles. The van der Waals surface area contributed by atoms with Crippen molar-refractivity contribution in [3.05, 3.63) is 59.9 Å². The number of benzene rings is 1. The lowest BCUT2D eigenvalue weighted by Crippen LogP contribution is -2.46. The zero-order valence-corrected chi connectivity index (χ0v) is 16.3.